The van der Waals surface area contributed by atoms with Gasteiger partial charge in [-0.15, -0.1) is 0 Å². The Hall–Kier alpha value is -2.75. The SMILES string of the molecule is CCCCc1ccc(NC(=O)c2cc3cc(OC)ccc3o2)cc1. The van der Waals surface area contributed by atoms with Crippen LogP contribution in [0.4, 0.5) is 5.69 Å². The number of nitrogens with one attached hydrogen (secondary N) is 1. The van der Waals surface area contributed by atoms with Gasteiger partial charge in [-0.25, -0.2) is 0 Å². The highest BCUT2D eigenvalue weighted by molar-refractivity contribution is 6.04. The monoisotopic (exact) mass is 323 g/mol. The van der Waals surface area contributed by atoms with Crippen molar-refractivity contribution in [2.24, 2.45) is 0 Å². The van der Waals surface area contributed by atoms with Crippen LogP contribution in [-0.2, 0) is 6.42 Å². The predicted molar refractivity (Wildman–Crippen MR) is 95.8 cm³/mol. The molecule has 2 aromatic carbocycles. The zero-order chi connectivity index (χ0) is 16.9. The van der Waals surface area contributed by atoms with Crippen molar-refractivity contribution in [3.8, 4) is 5.75 Å². The minimum atomic E-state index is -0.258. The van der Waals surface area contributed by atoms with Gasteiger partial charge in [0.2, 0.25) is 0 Å². The first-order valence-electron chi connectivity index (χ1n) is 8.17. The zero-order valence-electron chi connectivity index (χ0n) is 14.0. The van der Waals surface area contributed by atoms with Crippen molar-refractivity contribution in [3.63, 3.8) is 0 Å². The second kappa shape index (κ2) is 7.21. The summed E-state index contributed by atoms with van der Waals surface area (Å²) in [6.07, 6.45) is 3.42. The van der Waals surface area contributed by atoms with Crippen molar-refractivity contribution < 1.29 is 13.9 Å². The summed E-state index contributed by atoms with van der Waals surface area (Å²) >= 11 is 0. The van der Waals surface area contributed by atoms with Crippen LogP contribution in [-0.4, -0.2) is 13.0 Å². The Morgan fingerprint density at radius 3 is 2.62 bits per heavy atom. The van der Waals surface area contributed by atoms with E-state index in [0.717, 1.165) is 23.2 Å². The van der Waals surface area contributed by atoms with E-state index in [9.17, 15) is 4.79 Å². The number of aryl methyl sites for hydroxylation is 1. The second-order valence-corrected chi connectivity index (χ2v) is 5.77. The normalized spacial score (nSPS) is 10.8. The molecule has 1 aromatic heterocycles. The third-order valence-corrected chi connectivity index (χ3v) is 3.98. The van der Waals surface area contributed by atoms with Gasteiger partial charge in [-0.2, -0.15) is 0 Å². The molecule has 0 bridgehead atoms. The summed E-state index contributed by atoms with van der Waals surface area (Å²) in [4.78, 5) is 12.4. The Bertz CT molecular complexity index is 834. The third kappa shape index (κ3) is 3.59. The quantitative estimate of drug-likeness (QED) is 0.691. The number of anilines is 1. The average molecular weight is 323 g/mol. The van der Waals surface area contributed by atoms with Gasteiger partial charge in [0.05, 0.1) is 7.11 Å². The number of unbranched alkanes of at least 4 members (excludes halogenated alkanes) is 1. The minimum absolute atomic E-state index is 0.258. The smallest absolute Gasteiger partial charge is 0.291 e. The summed E-state index contributed by atoms with van der Waals surface area (Å²) in [6.45, 7) is 2.18. The number of rotatable bonds is 6. The molecule has 1 amide bonds. The molecule has 0 aliphatic heterocycles. The van der Waals surface area contributed by atoms with Gasteiger partial charge in [-0.05, 0) is 54.8 Å². The maximum Gasteiger partial charge on any atom is 0.291 e. The third-order valence-electron chi connectivity index (χ3n) is 3.98. The van der Waals surface area contributed by atoms with E-state index >= 15 is 0 Å². The molecular weight excluding hydrogens is 302 g/mol. The highest BCUT2D eigenvalue weighted by Gasteiger charge is 2.13. The molecule has 3 aromatic rings. The van der Waals surface area contributed by atoms with Crippen molar-refractivity contribution in [2.75, 3.05) is 12.4 Å². The first-order chi connectivity index (χ1) is 11.7. The molecule has 0 fully saturated rings. The molecule has 3 rings (SSSR count). The molecule has 0 atom stereocenters. The van der Waals surface area contributed by atoms with Crippen molar-refractivity contribution in [3.05, 3.63) is 59.9 Å². The number of fused-ring (bicyclic) bond motifs is 1. The van der Waals surface area contributed by atoms with E-state index in [4.69, 9.17) is 9.15 Å². The van der Waals surface area contributed by atoms with E-state index in [0.29, 0.717) is 5.58 Å². The lowest BCUT2D eigenvalue weighted by atomic mass is 10.1. The van der Waals surface area contributed by atoms with Gasteiger partial charge in [-0.3, -0.25) is 4.79 Å². The number of methoxy groups -OCH3 is 1. The molecule has 4 nitrogen and oxygen atoms in total. The van der Waals surface area contributed by atoms with Crippen LogP contribution in [0.2, 0.25) is 0 Å². The minimum Gasteiger partial charge on any atom is -0.497 e. The summed E-state index contributed by atoms with van der Waals surface area (Å²) in [5, 5.41) is 3.71. The van der Waals surface area contributed by atoms with Gasteiger partial charge < -0.3 is 14.5 Å². The topological polar surface area (TPSA) is 51.5 Å². The molecule has 1 N–H and O–H groups in total. The molecule has 0 saturated carbocycles. The van der Waals surface area contributed by atoms with Crippen LogP contribution in [0, 0.1) is 0 Å². The summed E-state index contributed by atoms with van der Waals surface area (Å²) < 4.78 is 10.8. The highest BCUT2D eigenvalue weighted by Crippen LogP contribution is 2.24. The lowest BCUT2D eigenvalue weighted by Crippen LogP contribution is -2.10. The molecule has 0 aliphatic carbocycles. The van der Waals surface area contributed by atoms with Crippen LogP contribution in [0.15, 0.2) is 52.9 Å². The van der Waals surface area contributed by atoms with Gasteiger partial charge in [0.1, 0.15) is 11.3 Å². The summed E-state index contributed by atoms with van der Waals surface area (Å²) in [7, 11) is 1.61. The molecule has 0 aliphatic rings. The van der Waals surface area contributed by atoms with Crippen molar-refractivity contribution >= 4 is 22.6 Å². The number of hydrogen-bond acceptors (Lipinski definition) is 3. The van der Waals surface area contributed by atoms with E-state index in [-0.39, 0.29) is 11.7 Å². The standard InChI is InChI=1S/C20H21NO3/c1-3-4-5-14-6-8-16(9-7-14)21-20(22)19-13-15-12-17(23-2)10-11-18(15)24-19/h6-13H,3-5H2,1-2H3,(H,21,22). The molecule has 0 spiro atoms. The van der Waals surface area contributed by atoms with Crippen molar-refractivity contribution in [1.29, 1.82) is 0 Å². The summed E-state index contributed by atoms with van der Waals surface area (Å²) in [5.74, 6) is 0.762. The van der Waals surface area contributed by atoms with E-state index in [1.165, 1.54) is 18.4 Å². The van der Waals surface area contributed by atoms with Crippen LogP contribution in [0.5, 0.6) is 5.75 Å². The number of carbonyl (C=O) groups excluding carboxylic acids is 1. The van der Waals surface area contributed by atoms with Gasteiger partial charge in [-0.1, -0.05) is 25.5 Å². The van der Waals surface area contributed by atoms with Gasteiger partial charge in [0, 0.05) is 11.1 Å². The lowest BCUT2D eigenvalue weighted by molar-refractivity contribution is 0.0998. The largest absolute Gasteiger partial charge is 0.497 e. The first kappa shape index (κ1) is 16.1. The van der Waals surface area contributed by atoms with Crippen molar-refractivity contribution in [2.45, 2.75) is 26.2 Å². The molecule has 1 heterocycles. The van der Waals surface area contributed by atoms with E-state index in [1.807, 2.05) is 24.3 Å². The second-order valence-electron chi connectivity index (χ2n) is 5.77. The van der Waals surface area contributed by atoms with Crippen LogP contribution >= 0.6 is 0 Å². The fraction of sp³-hybridized carbons (Fsp3) is 0.250. The van der Waals surface area contributed by atoms with Crippen LogP contribution in [0.1, 0.15) is 35.9 Å². The van der Waals surface area contributed by atoms with E-state index in [2.05, 4.69) is 24.4 Å². The first-order valence-corrected chi connectivity index (χ1v) is 8.17. The Kier molecular flexibility index (Phi) is 4.85. The Balaban J connectivity index is 1.72. The highest BCUT2D eigenvalue weighted by atomic mass is 16.5. The predicted octanol–water partition coefficient (Wildman–Crippen LogP) is 5.04. The van der Waals surface area contributed by atoms with Crippen molar-refractivity contribution in [1.82, 2.24) is 0 Å². The Labute approximate surface area is 141 Å². The van der Waals surface area contributed by atoms with Crippen LogP contribution in [0.3, 0.4) is 0 Å². The molecule has 0 radical (unpaired) electrons. The summed E-state index contributed by atoms with van der Waals surface area (Å²) in [6, 6.07) is 15.1. The van der Waals surface area contributed by atoms with Gasteiger partial charge in [0.15, 0.2) is 5.76 Å². The van der Waals surface area contributed by atoms with E-state index in [1.54, 1.807) is 19.2 Å². The number of ether oxygens (including phenoxy) is 1. The summed E-state index contributed by atoms with van der Waals surface area (Å²) in [5.41, 5.74) is 2.71. The number of amides is 1. The fourth-order valence-corrected chi connectivity index (χ4v) is 2.59. The maximum atomic E-state index is 12.4. The molecule has 0 saturated heterocycles. The van der Waals surface area contributed by atoms with E-state index < -0.39 is 0 Å². The average Bonchev–Trinajstić information content (AvgIpc) is 3.04. The Morgan fingerprint density at radius 1 is 1.12 bits per heavy atom. The molecular formula is C20H21NO3. The van der Waals surface area contributed by atoms with Crippen LogP contribution in [0.25, 0.3) is 11.0 Å². The lowest BCUT2D eigenvalue weighted by Gasteiger charge is -2.05. The molecule has 4 heteroatoms. The van der Waals surface area contributed by atoms with Crippen LogP contribution < -0.4 is 10.1 Å². The number of furan rings is 1. The maximum absolute atomic E-state index is 12.4. The zero-order valence-corrected chi connectivity index (χ0v) is 14.0. The van der Waals surface area contributed by atoms with Gasteiger partial charge >= 0.3 is 0 Å². The Morgan fingerprint density at radius 2 is 1.92 bits per heavy atom. The number of benzene rings is 2. The fourth-order valence-electron chi connectivity index (χ4n) is 2.59. The van der Waals surface area contributed by atoms with Gasteiger partial charge in [0.25, 0.3) is 5.91 Å². The molecule has 24 heavy (non-hydrogen) atoms. The molecule has 124 valence electrons. The number of hydrogen-bond donors (Lipinski definition) is 1. The molecule has 0 unspecified atom stereocenters. The number of carbonyl (C=O) groups is 1.